The van der Waals surface area contributed by atoms with Crippen molar-refractivity contribution in [1.82, 2.24) is 34.2 Å². The summed E-state index contributed by atoms with van der Waals surface area (Å²) in [5.74, 6) is 3.03. The highest BCUT2D eigenvalue weighted by Crippen LogP contribution is 2.27. The monoisotopic (exact) mass is 365 g/mol. The third-order valence-electron chi connectivity index (χ3n) is 5.24. The minimum absolute atomic E-state index is 0.0542. The molecular formula is C19H23N7O. The molecule has 3 aromatic rings. The fourth-order valence-electron chi connectivity index (χ4n) is 3.64. The van der Waals surface area contributed by atoms with Crippen molar-refractivity contribution in [3.05, 3.63) is 60.0 Å². The number of piperidine rings is 1. The second-order valence-corrected chi connectivity index (χ2v) is 6.96. The number of nitrogens with zero attached hydrogens (tertiary/aromatic N) is 7. The molecule has 0 bridgehead atoms. The number of likely N-dealkylation sites (tertiary alicyclic amines) is 1. The van der Waals surface area contributed by atoms with Gasteiger partial charge in [-0.15, -0.1) is 10.2 Å². The Kier molecular flexibility index (Phi) is 4.70. The van der Waals surface area contributed by atoms with Crippen LogP contribution < -0.4 is 0 Å². The minimum atomic E-state index is 0.0542. The predicted octanol–water partition coefficient (Wildman–Crippen LogP) is 1.78. The van der Waals surface area contributed by atoms with Crippen molar-refractivity contribution >= 4 is 5.91 Å². The van der Waals surface area contributed by atoms with E-state index in [9.17, 15) is 4.79 Å². The van der Waals surface area contributed by atoms with Crippen LogP contribution in [0.3, 0.4) is 0 Å². The summed E-state index contributed by atoms with van der Waals surface area (Å²) < 4.78 is 4.11. The van der Waals surface area contributed by atoms with E-state index < -0.39 is 0 Å². The van der Waals surface area contributed by atoms with Crippen LogP contribution in [0.4, 0.5) is 0 Å². The first-order chi connectivity index (χ1) is 13.1. The van der Waals surface area contributed by atoms with E-state index in [1.54, 1.807) is 30.7 Å². The van der Waals surface area contributed by atoms with Gasteiger partial charge in [-0.1, -0.05) is 0 Å². The van der Waals surface area contributed by atoms with Crippen molar-refractivity contribution in [3.63, 3.8) is 0 Å². The first-order valence-electron chi connectivity index (χ1n) is 9.18. The molecule has 1 aliphatic rings. The van der Waals surface area contributed by atoms with Gasteiger partial charge < -0.3 is 14.0 Å². The maximum absolute atomic E-state index is 12.8. The molecule has 0 saturated carbocycles. The highest BCUT2D eigenvalue weighted by atomic mass is 16.2. The Morgan fingerprint density at radius 1 is 1.22 bits per heavy atom. The second kappa shape index (κ2) is 7.30. The van der Waals surface area contributed by atoms with Gasteiger partial charge in [-0.3, -0.25) is 9.78 Å². The quantitative estimate of drug-likeness (QED) is 0.704. The minimum Gasteiger partial charge on any atom is -0.338 e. The molecule has 0 N–H and O–H groups in total. The van der Waals surface area contributed by atoms with E-state index >= 15 is 0 Å². The summed E-state index contributed by atoms with van der Waals surface area (Å²) in [6.07, 6.45) is 9.01. The third kappa shape index (κ3) is 3.47. The van der Waals surface area contributed by atoms with Crippen molar-refractivity contribution in [3.8, 4) is 0 Å². The molecule has 1 atom stereocenters. The van der Waals surface area contributed by atoms with Crippen LogP contribution in [0.2, 0.25) is 0 Å². The van der Waals surface area contributed by atoms with E-state index in [1.165, 1.54) is 0 Å². The number of carbonyl (C=O) groups excluding carboxylic acids is 1. The molecule has 140 valence electrons. The van der Waals surface area contributed by atoms with Crippen LogP contribution >= 0.6 is 0 Å². The Morgan fingerprint density at radius 2 is 2.04 bits per heavy atom. The molecule has 4 heterocycles. The van der Waals surface area contributed by atoms with E-state index in [2.05, 4.69) is 24.7 Å². The molecule has 8 heteroatoms. The number of rotatable bonds is 4. The Morgan fingerprint density at radius 3 is 2.78 bits per heavy atom. The number of imidazole rings is 1. The Labute approximate surface area is 157 Å². The zero-order chi connectivity index (χ0) is 18.8. The van der Waals surface area contributed by atoms with Gasteiger partial charge in [0.05, 0.1) is 6.54 Å². The molecule has 8 nitrogen and oxygen atoms in total. The summed E-state index contributed by atoms with van der Waals surface area (Å²) in [5.41, 5.74) is 0.680. The molecule has 0 aromatic carbocycles. The lowest BCUT2D eigenvalue weighted by Crippen LogP contribution is -2.39. The third-order valence-corrected chi connectivity index (χ3v) is 5.24. The highest BCUT2D eigenvalue weighted by molar-refractivity contribution is 5.94. The van der Waals surface area contributed by atoms with Crippen molar-refractivity contribution in [2.75, 3.05) is 13.1 Å². The van der Waals surface area contributed by atoms with Gasteiger partial charge in [0.25, 0.3) is 5.91 Å². The van der Waals surface area contributed by atoms with Gasteiger partial charge in [0.15, 0.2) is 5.82 Å². The molecule has 1 saturated heterocycles. The number of hydrogen-bond donors (Lipinski definition) is 0. The first-order valence-corrected chi connectivity index (χ1v) is 9.18. The van der Waals surface area contributed by atoms with E-state index in [1.807, 2.05) is 29.6 Å². The first kappa shape index (κ1) is 17.4. The van der Waals surface area contributed by atoms with Gasteiger partial charge in [0.1, 0.15) is 11.6 Å². The zero-order valence-corrected chi connectivity index (χ0v) is 15.6. The lowest BCUT2D eigenvalue weighted by atomic mass is 9.96. The molecule has 0 unspecified atom stereocenters. The fraction of sp³-hybridized carbons (Fsp3) is 0.421. The number of carbonyl (C=O) groups is 1. The van der Waals surface area contributed by atoms with E-state index in [0.29, 0.717) is 18.7 Å². The average molecular weight is 365 g/mol. The molecular weight excluding hydrogens is 342 g/mol. The Hall–Kier alpha value is -3.03. The molecule has 4 rings (SSSR count). The largest absolute Gasteiger partial charge is 0.338 e. The zero-order valence-electron chi connectivity index (χ0n) is 15.6. The van der Waals surface area contributed by atoms with Crippen molar-refractivity contribution in [2.24, 2.45) is 7.05 Å². The molecule has 3 aromatic heterocycles. The molecule has 27 heavy (non-hydrogen) atoms. The normalized spacial score (nSPS) is 17.3. The number of pyridine rings is 1. The summed E-state index contributed by atoms with van der Waals surface area (Å²) in [7, 11) is 2.00. The number of aryl methyl sites for hydroxylation is 1. The maximum Gasteiger partial charge on any atom is 0.253 e. The molecule has 1 amide bonds. The molecule has 0 aliphatic carbocycles. The second-order valence-electron chi connectivity index (χ2n) is 6.96. The summed E-state index contributed by atoms with van der Waals surface area (Å²) in [4.78, 5) is 22.9. The van der Waals surface area contributed by atoms with Gasteiger partial charge in [0.2, 0.25) is 0 Å². The van der Waals surface area contributed by atoms with Crippen LogP contribution in [0.15, 0.2) is 36.9 Å². The number of amides is 1. The van der Waals surface area contributed by atoms with Crippen LogP contribution in [-0.2, 0) is 13.6 Å². The van der Waals surface area contributed by atoms with Crippen molar-refractivity contribution < 1.29 is 4.79 Å². The molecule has 1 aliphatic heterocycles. The van der Waals surface area contributed by atoms with E-state index in [-0.39, 0.29) is 11.8 Å². The van der Waals surface area contributed by atoms with Crippen LogP contribution in [-0.4, -0.2) is 53.2 Å². The summed E-state index contributed by atoms with van der Waals surface area (Å²) in [6, 6.07) is 3.53. The number of hydrogen-bond acceptors (Lipinski definition) is 5. The fourth-order valence-corrected chi connectivity index (χ4v) is 3.64. The van der Waals surface area contributed by atoms with Gasteiger partial charge in [-0.05, 0) is 31.9 Å². The van der Waals surface area contributed by atoms with Gasteiger partial charge in [0, 0.05) is 56.4 Å². The smallest absolute Gasteiger partial charge is 0.253 e. The predicted molar refractivity (Wildman–Crippen MR) is 99.2 cm³/mol. The topological polar surface area (TPSA) is 81.7 Å². The van der Waals surface area contributed by atoms with Crippen LogP contribution in [0.25, 0.3) is 0 Å². The lowest BCUT2D eigenvalue weighted by Gasteiger charge is -2.32. The van der Waals surface area contributed by atoms with Crippen LogP contribution in [0.1, 0.15) is 46.6 Å². The molecule has 1 fully saturated rings. The van der Waals surface area contributed by atoms with Gasteiger partial charge >= 0.3 is 0 Å². The molecule has 0 spiro atoms. The van der Waals surface area contributed by atoms with Gasteiger partial charge in [-0.2, -0.15) is 0 Å². The summed E-state index contributed by atoms with van der Waals surface area (Å²) in [5, 5.41) is 8.83. The summed E-state index contributed by atoms with van der Waals surface area (Å²) >= 11 is 0. The molecule has 0 radical (unpaired) electrons. The van der Waals surface area contributed by atoms with Crippen LogP contribution in [0.5, 0.6) is 0 Å². The van der Waals surface area contributed by atoms with Crippen LogP contribution in [0, 0.1) is 6.92 Å². The Bertz CT molecular complexity index is 931. The number of aromatic nitrogens is 6. The summed E-state index contributed by atoms with van der Waals surface area (Å²) in [6.45, 7) is 4.05. The Balaban J connectivity index is 1.50. The average Bonchev–Trinajstić information content (AvgIpc) is 3.28. The van der Waals surface area contributed by atoms with E-state index in [4.69, 9.17) is 0 Å². The van der Waals surface area contributed by atoms with Crippen molar-refractivity contribution in [2.45, 2.75) is 32.2 Å². The van der Waals surface area contributed by atoms with Gasteiger partial charge in [-0.25, -0.2) is 4.98 Å². The van der Waals surface area contributed by atoms with E-state index in [0.717, 1.165) is 36.9 Å². The highest BCUT2D eigenvalue weighted by Gasteiger charge is 2.29. The SMILES string of the molecule is Cc1nccn1Cc1nnc([C@@H]2CCCN(C(=O)c3ccncc3)C2)n1C. The maximum atomic E-state index is 12.8. The standard InChI is InChI=1S/C19H23N7O/c1-14-21-9-11-25(14)13-17-22-23-18(24(17)2)16-4-3-10-26(12-16)19(27)15-5-7-20-8-6-15/h5-9,11,16H,3-4,10,12-13H2,1-2H3/t16-/m1/s1. The lowest BCUT2D eigenvalue weighted by molar-refractivity contribution is 0.0703. The van der Waals surface area contributed by atoms with Crippen molar-refractivity contribution in [1.29, 1.82) is 0 Å².